The van der Waals surface area contributed by atoms with Gasteiger partial charge in [-0.25, -0.2) is 4.98 Å². The van der Waals surface area contributed by atoms with E-state index in [-0.39, 0.29) is 11.5 Å². The van der Waals surface area contributed by atoms with Crippen molar-refractivity contribution in [2.75, 3.05) is 39.3 Å². The van der Waals surface area contributed by atoms with E-state index in [4.69, 9.17) is 4.74 Å². The van der Waals surface area contributed by atoms with Crippen molar-refractivity contribution >= 4 is 27.5 Å². The van der Waals surface area contributed by atoms with Crippen LogP contribution in [0.15, 0.2) is 11.1 Å². The van der Waals surface area contributed by atoms with Crippen LogP contribution in [0, 0.1) is 13.8 Å². The number of hydrogen-bond donors (Lipinski definition) is 0. The van der Waals surface area contributed by atoms with Gasteiger partial charge in [0.15, 0.2) is 0 Å². The molecule has 28 heavy (non-hydrogen) atoms. The number of ether oxygens (including phenoxy) is 1. The number of thiophene rings is 1. The third kappa shape index (κ3) is 3.99. The fraction of sp³-hybridized carbons (Fsp3) is 0.650. The molecule has 1 atom stereocenters. The zero-order valence-corrected chi connectivity index (χ0v) is 17.5. The summed E-state index contributed by atoms with van der Waals surface area (Å²) in [5.74, 6) is 0.113. The van der Waals surface area contributed by atoms with E-state index in [0.717, 1.165) is 67.4 Å². The number of hydrogen-bond acceptors (Lipinski definition) is 6. The van der Waals surface area contributed by atoms with Crippen LogP contribution in [0.1, 0.15) is 29.7 Å². The Morgan fingerprint density at radius 3 is 2.79 bits per heavy atom. The van der Waals surface area contributed by atoms with E-state index in [9.17, 15) is 9.59 Å². The summed E-state index contributed by atoms with van der Waals surface area (Å²) in [6.07, 6.45) is 4.58. The van der Waals surface area contributed by atoms with Gasteiger partial charge in [0, 0.05) is 57.2 Å². The number of carbonyl (C=O) groups excluding carboxylic acids is 1. The van der Waals surface area contributed by atoms with E-state index in [2.05, 4.69) is 9.88 Å². The lowest BCUT2D eigenvalue weighted by Crippen LogP contribution is -2.50. The van der Waals surface area contributed by atoms with Gasteiger partial charge >= 0.3 is 0 Å². The van der Waals surface area contributed by atoms with Crippen molar-refractivity contribution in [2.45, 2.75) is 45.8 Å². The summed E-state index contributed by atoms with van der Waals surface area (Å²) in [7, 11) is 0. The zero-order valence-electron chi connectivity index (χ0n) is 16.6. The monoisotopic (exact) mass is 404 g/mol. The Morgan fingerprint density at radius 2 is 2.07 bits per heavy atom. The summed E-state index contributed by atoms with van der Waals surface area (Å²) in [6.45, 7) is 9.50. The molecule has 4 heterocycles. The number of aryl methyl sites for hydroxylation is 3. The molecule has 2 fully saturated rings. The first-order chi connectivity index (χ1) is 13.5. The molecular formula is C20H28N4O3S. The van der Waals surface area contributed by atoms with Gasteiger partial charge in [0.05, 0.1) is 17.8 Å². The van der Waals surface area contributed by atoms with Crippen LogP contribution in [0.4, 0.5) is 0 Å². The van der Waals surface area contributed by atoms with Crippen molar-refractivity contribution in [2.24, 2.45) is 0 Å². The van der Waals surface area contributed by atoms with Gasteiger partial charge in [0.2, 0.25) is 5.91 Å². The van der Waals surface area contributed by atoms with Crippen LogP contribution in [0.5, 0.6) is 0 Å². The van der Waals surface area contributed by atoms with Crippen LogP contribution in [0.2, 0.25) is 0 Å². The molecule has 0 spiro atoms. The molecule has 2 aromatic rings. The molecular weight excluding hydrogens is 376 g/mol. The summed E-state index contributed by atoms with van der Waals surface area (Å²) < 4.78 is 7.29. The van der Waals surface area contributed by atoms with Gasteiger partial charge in [-0.2, -0.15) is 0 Å². The fourth-order valence-corrected chi connectivity index (χ4v) is 5.05. The molecule has 0 aliphatic carbocycles. The van der Waals surface area contributed by atoms with Crippen molar-refractivity contribution in [1.29, 1.82) is 0 Å². The quantitative estimate of drug-likeness (QED) is 0.760. The van der Waals surface area contributed by atoms with Gasteiger partial charge in [0.1, 0.15) is 4.83 Å². The summed E-state index contributed by atoms with van der Waals surface area (Å²) in [5, 5.41) is 0.695. The normalized spacial score (nSPS) is 20.9. The van der Waals surface area contributed by atoms with Crippen molar-refractivity contribution in [1.82, 2.24) is 19.4 Å². The predicted octanol–water partition coefficient (Wildman–Crippen LogP) is 1.79. The Labute approximate surface area is 168 Å². The van der Waals surface area contributed by atoms with Gasteiger partial charge in [-0.3, -0.25) is 19.1 Å². The highest BCUT2D eigenvalue weighted by Gasteiger charge is 2.25. The van der Waals surface area contributed by atoms with Crippen LogP contribution in [-0.2, 0) is 16.1 Å². The van der Waals surface area contributed by atoms with Crippen molar-refractivity contribution in [3.63, 3.8) is 0 Å². The first-order valence-electron chi connectivity index (χ1n) is 10.1. The van der Waals surface area contributed by atoms with E-state index in [0.29, 0.717) is 24.5 Å². The Morgan fingerprint density at radius 1 is 1.29 bits per heavy atom. The Balaban J connectivity index is 1.31. The molecule has 1 amide bonds. The number of fused-ring (bicyclic) bond motifs is 1. The third-order valence-corrected chi connectivity index (χ3v) is 7.05. The average Bonchev–Trinajstić information content (AvgIpc) is 3.30. The second-order valence-corrected chi connectivity index (χ2v) is 8.98. The first-order valence-corrected chi connectivity index (χ1v) is 10.9. The van der Waals surface area contributed by atoms with Gasteiger partial charge < -0.3 is 9.64 Å². The molecule has 1 unspecified atom stereocenters. The van der Waals surface area contributed by atoms with Gasteiger partial charge in [-0.05, 0) is 32.3 Å². The standard InChI is InChI=1S/C20H28N4O3S/c1-14-15(2)28-19-18(14)20(26)24(13-21-19)6-5-17(25)23-9-7-22(8-10-23)12-16-4-3-11-27-16/h13,16H,3-12H2,1-2H3. The molecule has 0 saturated carbocycles. The van der Waals surface area contributed by atoms with Crippen LogP contribution >= 0.6 is 11.3 Å². The Kier molecular flexibility index (Phi) is 5.80. The third-order valence-electron chi connectivity index (χ3n) is 5.93. The number of amides is 1. The van der Waals surface area contributed by atoms with Crippen molar-refractivity contribution < 1.29 is 9.53 Å². The fourth-order valence-electron chi connectivity index (χ4n) is 4.06. The molecule has 2 aliphatic rings. The molecule has 0 aromatic carbocycles. The maximum atomic E-state index is 12.7. The van der Waals surface area contributed by atoms with E-state index < -0.39 is 0 Å². The van der Waals surface area contributed by atoms with Gasteiger partial charge in [-0.15, -0.1) is 11.3 Å². The molecule has 152 valence electrons. The van der Waals surface area contributed by atoms with Crippen LogP contribution in [0.3, 0.4) is 0 Å². The lowest BCUT2D eigenvalue weighted by atomic mass is 10.2. The second-order valence-electron chi connectivity index (χ2n) is 7.77. The average molecular weight is 405 g/mol. The molecule has 2 saturated heterocycles. The molecule has 8 heteroatoms. The lowest BCUT2D eigenvalue weighted by Gasteiger charge is -2.35. The number of aromatic nitrogens is 2. The molecule has 0 bridgehead atoms. The highest BCUT2D eigenvalue weighted by molar-refractivity contribution is 7.18. The SMILES string of the molecule is Cc1sc2ncn(CCC(=O)N3CCN(CC4CCCO4)CC3)c(=O)c2c1C. The predicted molar refractivity (Wildman–Crippen MR) is 110 cm³/mol. The molecule has 0 radical (unpaired) electrons. The Bertz CT molecular complexity index is 908. The zero-order chi connectivity index (χ0) is 19.7. The number of rotatable bonds is 5. The minimum absolute atomic E-state index is 0.0407. The smallest absolute Gasteiger partial charge is 0.262 e. The maximum absolute atomic E-state index is 12.7. The summed E-state index contributed by atoms with van der Waals surface area (Å²) in [5.41, 5.74) is 0.960. The topological polar surface area (TPSA) is 67.7 Å². The molecule has 2 aromatic heterocycles. The van der Waals surface area contributed by atoms with Crippen LogP contribution in [-0.4, -0.2) is 70.7 Å². The van der Waals surface area contributed by atoms with E-state index in [1.165, 1.54) is 0 Å². The summed E-state index contributed by atoms with van der Waals surface area (Å²) in [4.78, 5) is 36.0. The lowest BCUT2D eigenvalue weighted by molar-refractivity contribution is -0.133. The van der Waals surface area contributed by atoms with Crippen molar-refractivity contribution in [3.8, 4) is 0 Å². The van der Waals surface area contributed by atoms with Gasteiger partial charge in [0.25, 0.3) is 5.56 Å². The minimum atomic E-state index is -0.0407. The molecule has 7 nitrogen and oxygen atoms in total. The van der Waals surface area contributed by atoms with E-state index >= 15 is 0 Å². The van der Waals surface area contributed by atoms with E-state index in [1.54, 1.807) is 22.2 Å². The molecule has 2 aliphatic heterocycles. The number of piperazine rings is 1. The van der Waals surface area contributed by atoms with Gasteiger partial charge in [-0.1, -0.05) is 0 Å². The maximum Gasteiger partial charge on any atom is 0.262 e. The Hall–Kier alpha value is -1.77. The van der Waals surface area contributed by atoms with E-state index in [1.807, 2.05) is 18.7 Å². The molecule has 0 N–H and O–H groups in total. The number of nitrogens with zero attached hydrogens (tertiary/aromatic N) is 4. The summed E-state index contributed by atoms with van der Waals surface area (Å²) in [6, 6.07) is 0. The van der Waals surface area contributed by atoms with Crippen molar-refractivity contribution in [3.05, 3.63) is 27.1 Å². The van der Waals surface area contributed by atoms with Crippen LogP contribution in [0.25, 0.3) is 10.2 Å². The second kappa shape index (κ2) is 8.31. The highest BCUT2D eigenvalue weighted by atomic mass is 32.1. The largest absolute Gasteiger partial charge is 0.377 e. The first kappa shape index (κ1) is 19.5. The highest BCUT2D eigenvalue weighted by Crippen LogP contribution is 2.25. The minimum Gasteiger partial charge on any atom is -0.377 e. The summed E-state index contributed by atoms with van der Waals surface area (Å²) >= 11 is 1.55. The molecule has 4 rings (SSSR count). The van der Waals surface area contributed by atoms with Crippen LogP contribution < -0.4 is 5.56 Å². The number of carbonyl (C=O) groups is 1.